The van der Waals surface area contributed by atoms with Crippen molar-refractivity contribution in [2.24, 2.45) is 0 Å². The zero-order valence-electron chi connectivity index (χ0n) is 22.0. The highest BCUT2D eigenvalue weighted by Gasteiger charge is 2.55. The Morgan fingerprint density at radius 3 is 2.23 bits per heavy atom. The molecular formula is C28H26Cl2F4N2O4. The Kier molecular flexibility index (Phi) is 8.79. The number of alkyl halides is 4. The Hall–Kier alpha value is -3.34. The predicted molar refractivity (Wildman–Crippen MR) is 137 cm³/mol. The summed E-state index contributed by atoms with van der Waals surface area (Å²) in [5, 5.41) is 0.0858. The van der Waals surface area contributed by atoms with Gasteiger partial charge in [0.15, 0.2) is 6.73 Å². The summed E-state index contributed by atoms with van der Waals surface area (Å²) in [5.41, 5.74) is -3.94. The number of benzene rings is 3. The van der Waals surface area contributed by atoms with Crippen molar-refractivity contribution in [2.45, 2.75) is 18.4 Å². The number of methoxy groups -OCH3 is 1. The van der Waals surface area contributed by atoms with E-state index in [4.69, 9.17) is 21.1 Å². The van der Waals surface area contributed by atoms with Crippen LogP contribution in [0.2, 0.25) is 5.02 Å². The van der Waals surface area contributed by atoms with E-state index in [1.807, 2.05) is 21.1 Å². The van der Waals surface area contributed by atoms with E-state index in [-0.39, 0.29) is 45.6 Å². The molecule has 4 rings (SSSR count). The number of nitrogens with zero attached hydrogens (tertiary/aromatic N) is 2. The Balaban J connectivity index is 0.00000441. The molecule has 1 aliphatic rings. The minimum atomic E-state index is -4.76. The molecule has 3 aromatic rings. The van der Waals surface area contributed by atoms with E-state index in [0.29, 0.717) is 28.1 Å². The van der Waals surface area contributed by atoms with Crippen LogP contribution in [0.1, 0.15) is 32.6 Å². The number of fused-ring (bicyclic) bond motifs is 1. The van der Waals surface area contributed by atoms with Crippen LogP contribution in [0.25, 0.3) is 0 Å². The van der Waals surface area contributed by atoms with Crippen LogP contribution in [0.5, 0.6) is 5.75 Å². The van der Waals surface area contributed by atoms with Gasteiger partial charge in [-0.3, -0.25) is 9.69 Å². The lowest BCUT2D eigenvalue weighted by molar-refractivity contribution is -0.884. The molecule has 3 aromatic carbocycles. The van der Waals surface area contributed by atoms with Gasteiger partial charge < -0.3 is 26.4 Å². The molecule has 0 spiro atoms. The Morgan fingerprint density at radius 1 is 1.00 bits per heavy atom. The van der Waals surface area contributed by atoms with Crippen LogP contribution >= 0.6 is 11.6 Å². The maximum absolute atomic E-state index is 16.8. The second-order valence-electron chi connectivity index (χ2n) is 10.2. The van der Waals surface area contributed by atoms with E-state index < -0.39 is 36.0 Å². The quantitative estimate of drug-likeness (QED) is 0.238. The summed E-state index contributed by atoms with van der Waals surface area (Å²) in [6.07, 6.45) is -4.76. The number of esters is 1. The van der Waals surface area contributed by atoms with E-state index in [1.54, 1.807) is 24.3 Å². The van der Waals surface area contributed by atoms with Crippen molar-refractivity contribution < 1.29 is 53.5 Å². The second kappa shape index (κ2) is 11.3. The molecule has 1 amide bonds. The molecule has 0 saturated carbocycles. The average molecular weight is 601 g/mol. The molecular weight excluding hydrogens is 575 g/mol. The van der Waals surface area contributed by atoms with Gasteiger partial charge in [0.05, 0.1) is 45.1 Å². The smallest absolute Gasteiger partial charge is 0.416 e. The van der Waals surface area contributed by atoms with E-state index in [0.717, 1.165) is 11.6 Å². The maximum atomic E-state index is 16.8. The Bertz CT molecular complexity index is 1430. The summed E-state index contributed by atoms with van der Waals surface area (Å²) in [6, 6.07) is 12.8. The average Bonchev–Trinajstić information content (AvgIpc) is 3.08. The van der Waals surface area contributed by atoms with Crippen LogP contribution in [0.4, 0.5) is 23.2 Å². The van der Waals surface area contributed by atoms with Gasteiger partial charge in [0.25, 0.3) is 5.91 Å². The molecule has 1 atom stereocenters. The number of hydrogen-bond acceptors (Lipinski definition) is 4. The van der Waals surface area contributed by atoms with Gasteiger partial charge in [-0.15, -0.1) is 0 Å². The highest BCUT2D eigenvalue weighted by molar-refractivity contribution is 6.30. The van der Waals surface area contributed by atoms with Crippen LogP contribution < -0.4 is 22.0 Å². The number of ether oxygens (including phenoxy) is 2. The van der Waals surface area contributed by atoms with Gasteiger partial charge in [-0.25, -0.2) is 9.18 Å². The first-order chi connectivity index (χ1) is 18.1. The lowest BCUT2D eigenvalue weighted by Crippen LogP contribution is -3.00. The van der Waals surface area contributed by atoms with E-state index in [1.165, 1.54) is 25.3 Å². The highest BCUT2D eigenvalue weighted by atomic mass is 35.5. The van der Waals surface area contributed by atoms with Gasteiger partial charge >= 0.3 is 12.1 Å². The molecule has 40 heavy (non-hydrogen) atoms. The standard InChI is InChI=1S/C28H26ClF4N2O4.ClH/c1-35(2,3)15-17-5-7-18(8-6-17)25(36)39-16-34-23-13-19(28(31,32)33)9-11-21(23)27(30,26(34)37)22-14-20(29)10-12-24(22)38-4;/h5-14H,15-16H2,1-4H3;1H/q+1;/p-1/t27-;/m0./s1. The molecule has 0 N–H and O–H groups in total. The monoisotopic (exact) mass is 600 g/mol. The van der Waals surface area contributed by atoms with Crippen molar-refractivity contribution in [3.8, 4) is 5.75 Å². The zero-order chi connectivity index (χ0) is 28.8. The lowest BCUT2D eigenvalue weighted by Gasteiger charge is -2.24. The fraction of sp³-hybridized carbons (Fsp3) is 0.286. The number of halogens is 6. The largest absolute Gasteiger partial charge is 1.00 e. The highest BCUT2D eigenvalue weighted by Crippen LogP contribution is 2.51. The van der Waals surface area contributed by atoms with Crippen LogP contribution in [-0.2, 0) is 27.9 Å². The van der Waals surface area contributed by atoms with Gasteiger partial charge in [0, 0.05) is 21.7 Å². The van der Waals surface area contributed by atoms with Crippen LogP contribution in [-0.4, -0.2) is 51.3 Å². The number of rotatable bonds is 7. The third-order valence-electron chi connectivity index (χ3n) is 6.23. The third kappa shape index (κ3) is 6.04. The Morgan fingerprint density at radius 2 is 1.65 bits per heavy atom. The lowest BCUT2D eigenvalue weighted by atomic mass is 9.88. The van der Waals surface area contributed by atoms with Gasteiger partial charge in [-0.05, 0) is 42.5 Å². The number of anilines is 1. The number of carbonyl (C=O) groups excluding carboxylic acids is 2. The van der Waals surface area contributed by atoms with Crippen LogP contribution in [0, 0.1) is 0 Å². The van der Waals surface area contributed by atoms with Gasteiger partial charge in [0.1, 0.15) is 12.3 Å². The molecule has 0 bridgehead atoms. The fourth-order valence-corrected chi connectivity index (χ4v) is 4.64. The molecule has 0 radical (unpaired) electrons. The van der Waals surface area contributed by atoms with Crippen LogP contribution in [0.3, 0.4) is 0 Å². The second-order valence-corrected chi connectivity index (χ2v) is 10.6. The predicted octanol–water partition coefficient (Wildman–Crippen LogP) is 2.95. The molecule has 0 aliphatic carbocycles. The fourth-order valence-electron chi connectivity index (χ4n) is 4.47. The van der Waals surface area contributed by atoms with E-state index >= 15 is 4.39 Å². The van der Waals surface area contributed by atoms with Gasteiger partial charge in [-0.1, -0.05) is 29.8 Å². The molecule has 0 saturated heterocycles. The molecule has 0 unspecified atom stereocenters. The minimum Gasteiger partial charge on any atom is -1.00 e. The summed E-state index contributed by atoms with van der Waals surface area (Å²) in [7, 11) is 7.30. The van der Waals surface area contributed by atoms with Gasteiger partial charge in [0.2, 0.25) is 5.67 Å². The number of quaternary nitrogens is 1. The summed E-state index contributed by atoms with van der Waals surface area (Å²) in [5.74, 6) is -2.11. The van der Waals surface area contributed by atoms with Crippen molar-refractivity contribution in [3.63, 3.8) is 0 Å². The SMILES string of the molecule is COc1ccc(Cl)cc1[C@]1(F)C(=O)N(COC(=O)c2ccc(C[N+](C)(C)C)cc2)c2cc(C(F)(F)F)ccc21.[Cl-]. The van der Waals surface area contributed by atoms with Crippen LogP contribution in [0.15, 0.2) is 60.7 Å². The summed E-state index contributed by atoms with van der Waals surface area (Å²) in [6.45, 7) is -0.108. The van der Waals surface area contributed by atoms with Crippen molar-refractivity contribution in [3.05, 3.63) is 93.5 Å². The first-order valence-corrected chi connectivity index (χ1v) is 12.2. The number of carbonyl (C=O) groups is 2. The topological polar surface area (TPSA) is 55.8 Å². The van der Waals surface area contributed by atoms with Crippen molar-refractivity contribution >= 4 is 29.2 Å². The first-order valence-electron chi connectivity index (χ1n) is 11.8. The molecule has 0 fully saturated rings. The molecule has 0 aromatic heterocycles. The van der Waals surface area contributed by atoms with Crippen molar-refractivity contribution in [1.29, 1.82) is 0 Å². The number of amides is 1. The molecule has 1 heterocycles. The third-order valence-corrected chi connectivity index (χ3v) is 6.47. The normalized spacial score (nSPS) is 16.8. The van der Waals surface area contributed by atoms with E-state index in [9.17, 15) is 22.8 Å². The summed E-state index contributed by atoms with van der Waals surface area (Å²) < 4.78 is 68.5. The maximum Gasteiger partial charge on any atom is 0.416 e. The van der Waals surface area contributed by atoms with Crippen molar-refractivity contribution in [2.75, 3.05) is 39.9 Å². The molecule has 6 nitrogen and oxygen atoms in total. The Labute approximate surface area is 240 Å². The van der Waals surface area contributed by atoms with Crippen molar-refractivity contribution in [1.82, 2.24) is 0 Å². The summed E-state index contributed by atoms with van der Waals surface area (Å²) in [4.78, 5) is 26.9. The number of hydrogen-bond donors (Lipinski definition) is 0. The summed E-state index contributed by atoms with van der Waals surface area (Å²) >= 11 is 6.06. The zero-order valence-corrected chi connectivity index (χ0v) is 23.5. The van der Waals surface area contributed by atoms with E-state index in [2.05, 4.69) is 0 Å². The minimum absolute atomic E-state index is 0. The van der Waals surface area contributed by atoms with Gasteiger partial charge in [-0.2, -0.15) is 13.2 Å². The molecule has 1 aliphatic heterocycles. The first kappa shape index (κ1) is 31.2. The molecule has 214 valence electrons. The molecule has 12 heteroatoms.